The highest BCUT2D eigenvalue weighted by Gasteiger charge is 2.15. The zero-order valence-corrected chi connectivity index (χ0v) is 16.6. The van der Waals surface area contributed by atoms with Crippen LogP contribution in [0.15, 0.2) is 40.7 Å². The number of rotatable bonds is 4. The monoisotopic (exact) mass is 426 g/mol. The summed E-state index contributed by atoms with van der Waals surface area (Å²) in [6.45, 7) is -0.112. The summed E-state index contributed by atoms with van der Waals surface area (Å²) in [7, 11) is 1.29. The van der Waals surface area contributed by atoms with Crippen molar-refractivity contribution in [3.05, 3.63) is 55.4 Å². The van der Waals surface area contributed by atoms with Crippen molar-refractivity contribution in [1.29, 1.82) is 0 Å². The largest absolute Gasteiger partial charge is 0.468 e. The summed E-state index contributed by atoms with van der Waals surface area (Å²) >= 11 is 15.1. The molecule has 3 rings (SSSR count). The minimum atomic E-state index is -0.473. The minimum absolute atomic E-state index is 0.112. The number of thiophene rings is 1. The van der Waals surface area contributed by atoms with Crippen LogP contribution in [-0.4, -0.2) is 23.6 Å². The van der Waals surface area contributed by atoms with E-state index in [1.807, 2.05) is 17.5 Å². The van der Waals surface area contributed by atoms with E-state index in [1.54, 1.807) is 22.8 Å². The molecular weight excluding hydrogens is 415 g/mol. The van der Waals surface area contributed by atoms with Crippen molar-refractivity contribution in [3.8, 4) is 0 Å². The second-order valence-electron chi connectivity index (χ2n) is 5.08. The third-order valence-electron chi connectivity index (χ3n) is 3.35. The number of ether oxygens (including phenoxy) is 1. The highest BCUT2D eigenvalue weighted by Crippen LogP contribution is 2.29. The molecule has 2 heterocycles. The Labute approximate surface area is 166 Å². The van der Waals surface area contributed by atoms with Gasteiger partial charge in [-0.25, -0.2) is 0 Å². The Bertz CT molecular complexity index is 1070. The molecule has 0 fully saturated rings. The van der Waals surface area contributed by atoms with Gasteiger partial charge < -0.3 is 9.30 Å². The molecule has 0 unspecified atom stereocenters. The van der Waals surface area contributed by atoms with E-state index < -0.39 is 11.9 Å². The fraction of sp³-hybridized carbons (Fsp3) is 0.118. The maximum Gasteiger partial charge on any atom is 0.325 e. The zero-order valence-electron chi connectivity index (χ0n) is 13.4. The molecule has 0 spiro atoms. The molecule has 5 nitrogen and oxygen atoms in total. The first-order valence-electron chi connectivity index (χ1n) is 7.33. The van der Waals surface area contributed by atoms with Gasteiger partial charge >= 0.3 is 5.97 Å². The van der Waals surface area contributed by atoms with Crippen LogP contribution in [0.4, 0.5) is 0 Å². The summed E-state index contributed by atoms with van der Waals surface area (Å²) in [5.74, 6) is -0.912. The van der Waals surface area contributed by atoms with Crippen LogP contribution in [0.3, 0.4) is 0 Å². The van der Waals surface area contributed by atoms with E-state index in [1.165, 1.54) is 35.9 Å². The number of aromatic nitrogens is 1. The molecule has 0 radical (unpaired) electrons. The molecule has 0 saturated carbocycles. The average Bonchev–Trinajstić information content (AvgIpc) is 3.21. The summed E-state index contributed by atoms with van der Waals surface area (Å²) in [6.07, 6.45) is 3.08. The van der Waals surface area contributed by atoms with Gasteiger partial charge in [0.2, 0.25) is 0 Å². The standard InChI is InChI=1S/C17H12Cl2N2O3S2/c1-24-15(23)9-21-16-12(19)7-10(18)8-13(16)26-17(21)20-14(22)5-4-11-3-2-6-25-11/h2-8H,9H2,1H3. The van der Waals surface area contributed by atoms with Gasteiger partial charge in [-0.05, 0) is 29.7 Å². The quantitative estimate of drug-likeness (QED) is 0.459. The number of halogens is 2. The van der Waals surface area contributed by atoms with E-state index in [0.29, 0.717) is 20.4 Å². The number of nitrogens with zero attached hydrogens (tertiary/aromatic N) is 2. The van der Waals surface area contributed by atoms with Gasteiger partial charge in [0.15, 0.2) is 4.80 Å². The van der Waals surface area contributed by atoms with E-state index in [-0.39, 0.29) is 6.54 Å². The lowest BCUT2D eigenvalue weighted by atomic mass is 10.3. The number of carbonyl (C=O) groups is 2. The first kappa shape index (κ1) is 18.8. The van der Waals surface area contributed by atoms with Crippen LogP contribution in [0.25, 0.3) is 16.3 Å². The molecule has 2 aromatic heterocycles. The molecule has 0 N–H and O–H groups in total. The maximum absolute atomic E-state index is 12.2. The predicted octanol–water partition coefficient (Wildman–Crippen LogP) is 4.38. The molecule has 134 valence electrons. The molecule has 3 aromatic rings. The van der Waals surface area contributed by atoms with E-state index >= 15 is 0 Å². The highest BCUT2D eigenvalue weighted by molar-refractivity contribution is 7.16. The SMILES string of the molecule is COC(=O)Cn1c(=NC(=O)C=Cc2cccs2)sc2cc(Cl)cc(Cl)c21. The van der Waals surface area contributed by atoms with Crippen LogP contribution >= 0.6 is 45.9 Å². The number of thiazole rings is 1. The molecular formula is C17H12Cl2N2O3S2. The molecule has 0 aliphatic rings. The topological polar surface area (TPSA) is 60.7 Å². The minimum Gasteiger partial charge on any atom is -0.468 e. The summed E-state index contributed by atoms with van der Waals surface area (Å²) in [6, 6.07) is 7.08. The summed E-state index contributed by atoms with van der Waals surface area (Å²) in [5, 5.41) is 2.75. The van der Waals surface area contributed by atoms with Crippen molar-refractivity contribution in [2.45, 2.75) is 6.54 Å². The maximum atomic E-state index is 12.2. The Morgan fingerprint density at radius 3 is 2.85 bits per heavy atom. The van der Waals surface area contributed by atoms with Crippen molar-refractivity contribution < 1.29 is 14.3 Å². The van der Waals surface area contributed by atoms with Gasteiger partial charge in [0.25, 0.3) is 5.91 Å². The average molecular weight is 427 g/mol. The molecule has 26 heavy (non-hydrogen) atoms. The number of benzene rings is 1. The summed E-state index contributed by atoms with van der Waals surface area (Å²) < 4.78 is 7.01. The van der Waals surface area contributed by atoms with Crippen LogP contribution in [0, 0.1) is 0 Å². The van der Waals surface area contributed by atoms with Crippen molar-refractivity contribution in [3.63, 3.8) is 0 Å². The lowest BCUT2D eigenvalue weighted by Crippen LogP contribution is -2.22. The molecule has 0 aliphatic carbocycles. The van der Waals surface area contributed by atoms with Crippen molar-refractivity contribution in [2.24, 2.45) is 4.99 Å². The number of hydrogen-bond donors (Lipinski definition) is 0. The van der Waals surface area contributed by atoms with Crippen molar-refractivity contribution >= 4 is 74.0 Å². The summed E-state index contributed by atoms with van der Waals surface area (Å²) in [5.41, 5.74) is 0.584. The van der Waals surface area contributed by atoms with Crippen LogP contribution in [-0.2, 0) is 20.9 Å². The number of fused-ring (bicyclic) bond motifs is 1. The van der Waals surface area contributed by atoms with Gasteiger partial charge in [0.05, 0.1) is 22.3 Å². The van der Waals surface area contributed by atoms with Gasteiger partial charge in [-0.2, -0.15) is 4.99 Å². The normalized spacial score (nSPS) is 12.2. The smallest absolute Gasteiger partial charge is 0.325 e. The Morgan fingerprint density at radius 1 is 1.35 bits per heavy atom. The second kappa shape index (κ2) is 8.18. The highest BCUT2D eigenvalue weighted by atomic mass is 35.5. The molecule has 0 aliphatic heterocycles. The van der Waals surface area contributed by atoms with E-state index in [9.17, 15) is 9.59 Å². The second-order valence-corrected chi connectivity index (χ2v) is 7.91. The fourth-order valence-corrected chi connectivity index (χ4v) is 4.66. The van der Waals surface area contributed by atoms with Gasteiger partial charge in [0.1, 0.15) is 6.54 Å². The first-order chi connectivity index (χ1) is 12.5. The Hall–Kier alpha value is -1.93. The Kier molecular flexibility index (Phi) is 5.93. The summed E-state index contributed by atoms with van der Waals surface area (Å²) in [4.78, 5) is 29.4. The van der Waals surface area contributed by atoms with Crippen LogP contribution < -0.4 is 4.80 Å². The van der Waals surface area contributed by atoms with E-state index in [0.717, 1.165) is 9.58 Å². The van der Waals surface area contributed by atoms with Crippen molar-refractivity contribution in [2.75, 3.05) is 7.11 Å². The number of methoxy groups -OCH3 is 1. The Balaban J connectivity index is 2.08. The molecule has 9 heteroatoms. The lowest BCUT2D eigenvalue weighted by molar-refractivity contribution is -0.141. The third kappa shape index (κ3) is 4.24. The molecule has 1 aromatic carbocycles. The number of hydrogen-bond acceptors (Lipinski definition) is 5. The predicted molar refractivity (Wildman–Crippen MR) is 106 cm³/mol. The van der Waals surface area contributed by atoms with Gasteiger partial charge in [-0.3, -0.25) is 9.59 Å². The zero-order chi connectivity index (χ0) is 18.7. The number of amides is 1. The van der Waals surface area contributed by atoms with Crippen LogP contribution in [0.5, 0.6) is 0 Å². The number of carbonyl (C=O) groups excluding carboxylic acids is 2. The van der Waals surface area contributed by atoms with Crippen LogP contribution in [0.2, 0.25) is 10.0 Å². The van der Waals surface area contributed by atoms with E-state index in [4.69, 9.17) is 27.9 Å². The molecule has 0 saturated heterocycles. The third-order valence-corrected chi connectivity index (χ3v) is 5.72. The van der Waals surface area contributed by atoms with Gasteiger partial charge in [-0.15, -0.1) is 11.3 Å². The lowest BCUT2D eigenvalue weighted by Gasteiger charge is -2.05. The Morgan fingerprint density at radius 2 is 2.15 bits per heavy atom. The van der Waals surface area contributed by atoms with Gasteiger partial charge in [-0.1, -0.05) is 40.6 Å². The molecule has 1 amide bonds. The molecule has 0 atom stereocenters. The van der Waals surface area contributed by atoms with Crippen molar-refractivity contribution in [1.82, 2.24) is 4.57 Å². The van der Waals surface area contributed by atoms with Crippen LogP contribution in [0.1, 0.15) is 4.88 Å². The van der Waals surface area contributed by atoms with Gasteiger partial charge in [0, 0.05) is 16.0 Å². The van der Waals surface area contributed by atoms with E-state index in [2.05, 4.69) is 4.99 Å². The number of esters is 1. The first-order valence-corrected chi connectivity index (χ1v) is 9.78. The molecule has 0 bridgehead atoms. The fourth-order valence-electron chi connectivity index (χ4n) is 2.23.